The molecule has 0 fully saturated rings. The molecule has 2 aromatic rings. The van der Waals surface area contributed by atoms with Crippen molar-refractivity contribution in [3.63, 3.8) is 0 Å². The summed E-state index contributed by atoms with van der Waals surface area (Å²) in [5, 5.41) is 0. The lowest BCUT2D eigenvalue weighted by atomic mass is 9.97. The van der Waals surface area contributed by atoms with E-state index in [1.165, 1.54) is 11.6 Å². The van der Waals surface area contributed by atoms with Crippen molar-refractivity contribution in [3.05, 3.63) is 68.9 Å². The van der Waals surface area contributed by atoms with Crippen LogP contribution in [0.2, 0.25) is 0 Å². The van der Waals surface area contributed by atoms with E-state index in [-0.39, 0.29) is 11.9 Å². The van der Waals surface area contributed by atoms with E-state index in [0.29, 0.717) is 5.56 Å². The Morgan fingerprint density at radius 3 is 2.47 bits per heavy atom. The Morgan fingerprint density at radius 2 is 1.89 bits per heavy atom. The first-order valence-corrected chi connectivity index (χ1v) is 6.80. The monoisotopic (exact) mass is 322 g/mol. The van der Waals surface area contributed by atoms with Crippen molar-refractivity contribution in [1.82, 2.24) is 5.43 Å². The lowest BCUT2D eigenvalue weighted by molar-refractivity contribution is 0.607. The number of halogens is 2. The molecule has 4 heteroatoms. The zero-order chi connectivity index (χ0) is 14.0. The van der Waals surface area contributed by atoms with Crippen LogP contribution in [0.25, 0.3) is 0 Å². The van der Waals surface area contributed by atoms with E-state index in [9.17, 15) is 4.39 Å². The molecule has 1 unspecified atom stereocenters. The number of benzene rings is 2. The van der Waals surface area contributed by atoms with E-state index in [0.717, 1.165) is 15.6 Å². The second-order valence-electron chi connectivity index (χ2n) is 4.63. The van der Waals surface area contributed by atoms with Crippen molar-refractivity contribution < 1.29 is 4.39 Å². The molecule has 3 N–H and O–H groups in total. The molecule has 2 rings (SSSR count). The molecule has 100 valence electrons. The van der Waals surface area contributed by atoms with Crippen LogP contribution in [-0.4, -0.2) is 0 Å². The maximum absolute atomic E-state index is 13.3. The van der Waals surface area contributed by atoms with Crippen LogP contribution in [0.3, 0.4) is 0 Å². The molecule has 0 heterocycles. The lowest BCUT2D eigenvalue weighted by Crippen LogP contribution is -2.29. The molecule has 2 aromatic carbocycles. The Balaban J connectivity index is 2.46. The largest absolute Gasteiger partial charge is 0.271 e. The van der Waals surface area contributed by atoms with E-state index in [1.54, 1.807) is 13.0 Å². The summed E-state index contributed by atoms with van der Waals surface area (Å²) in [5.74, 6) is 5.46. The molecule has 0 amide bonds. The van der Waals surface area contributed by atoms with E-state index in [2.05, 4.69) is 21.4 Å². The van der Waals surface area contributed by atoms with Gasteiger partial charge in [0.1, 0.15) is 5.82 Å². The van der Waals surface area contributed by atoms with Gasteiger partial charge in [-0.2, -0.15) is 0 Å². The fraction of sp³-hybridized carbons (Fsp3) is 0.200. The maximum Gasteiger partial charge on any atom is 0.126 e. The quantitative estimate of drug-likeness (QED) is 0.667. The molecule has 0 aromatic heterocycles. The van der Waals surface area contributed by atoms with Crippen molar-refractivity contribution in [2.24, 2.45) is 5.84 Å². The topological polar surface area (TPSA) is 38.0 Å². The normalized spacial score (nSPS) is 12.5. The highest BCUT2D eigenvalue weighted by atomic mass is 79.9. The molecule has 0 aliphatic carbocycles. The summed E-state index contributed by atoms with van der Waals surface area (Å²) in [6.07, 6.45) is 0. The minimum Gasteiger partial charge on any atom is -0.271 e. The van der Waals surface area contributed by atoms with Crippen LogP contribution in [-0.2, 0) is 0 Å². The predicted molar refractivity (Wildman–Crippen MR) is 79.2 cm³/mol. The molecule has 0 saturated carbocycles. The van der Waals surface area contributed by atoms with Crippen molar-refractivity contribution in [2.75, 3.05) is 0 Å². The van der Waals surface area contributed by atoms with Crippen LogP contribution in [0.15, 0.2) is 40.9 Å². The Labute approximate surface area is 120 Å². The minimum absolute atomic E-state index is 0.172. The van der Waals surface area contributed by atoms with Gasteiger partial charge in [0.05, 0.1) is 6.04 Å². The molecule has 0 aliphatic heterocycles. The fourth-order valence-corrected chi connectivity index (χ4v) is 2.80. The third-order valence-corrected chi connectivity index (χ3v) is 3.84. The molecular formula is C15H16BrFN2. The Morgan fingerprint density at radius 1 is 1.16 bits per heavy atom. The summed E-state index contributed by atoms with van der Waals surface area (Å²) in [7, 11) is 0. The second kappa shape index (κ2) is 5.82. The van der Waals surface area contributed by atoms with Gasteiger partial charge in [0, 0.05) is 4.47 Å². The maximum atomic E-state index is 13.3. The van der Waals surface area contributed by atoms with Gasteiger partial charge in [-0.25, -0.2) is 9.82 Å². The molecule has 1 atom stereocenters. The first-order chi connectivity index (χ1) is 9.02. The zero-order valence-electron chi connectivity index (χ0n) is 10.9. The second-order valence-corrected chi connectivity index (χ2v) is 5.49. The van der Waals surface area contributed by atoms with Gasteiger partial charge in [-0.15, -0.1) is 0 Å². The van der Waals surface area contributed by atoms with Crippen molar-refractivity contribution in [1.29, 1.82) is 0 Å². The number of nitrogens with one attached hydrogen (secondary N) is 1. The van der Waals surface area contributed by atoms with Crippen molar-refractivity contribution >= 4 is 15.9 Å². The first-order valence-electron chi connectivity index (χ1n) is 6.01. The van der Waals surface area contributed by atoms with Crippen LogP contribution >= 0.6 is 15.9 Å². The summed E-state index contributed by atoms with van der Waals surface area (Å²) in [6, 6.07) is 10.9. The Bertz CT molecular complexity index is 599. The molecule has 0 radical (unpaired) electrons. The molecule has 0 spiro atoms. The number of hydrogen-bond donors (Lipinski definition) is 2. The highest BCUT2D eigenvalue weighted by Crippen LogP contribution is 2.29. The average Bonchev–Trinajstić information content (AvgIpc) is 2.37. The summed E-state index contributed by atoms with van der Waals surface area (Å²) in [4.78, 5) is 0. The molecule has 2 nitrogen and oxygen atoms in total. The van der Waals surface area contributed by atoms with Crippen LogP contribution < -0.4 is 11.3 Å². The van der Waals surface area contributed by atoms with Gasteiger partial charge in [-0.1, -0.05) is 40.2 Å². The lowest BCUT2D eigenvalue weighted by Gasteiger charge is -2.19. The zero-order valence-corrected chi connectivity index (χ0v) is 12.5. The fourth-order valence-electron chi connectivity index (χ4n) is 2.08. The summed E-state index contributed by atoms with van der Waals surface area (Å²) < 4.78 is 14.3. The summed E-state index contributed by atoms with van der Waals surface area (Å²) >= 11 is 3.55. The number of nitrogens with two attached hydrogens (primary N) is 1. The van der Waals surface area contributed by atoms with E-state index < -0.39 is 0 Å². The number of hydrazine groups is 1. The van der Waals surface area contributed by atoms with Crippen molar-refractivity contribution in [3.8, 4) is 0 Å². The summed E-state index contributed by atoms with van der Waals surface area (Å²) in [5.41, 5.74) is 6.53. The van der Waals surface area contributed by atoms with Gasteiger partial charge in [-0.05, 0) is 48.2 Å². The highest BCUT2D eigenvalue weighted by molar-refractivity contribution is 9.10. The number of aryl methyl sites for hydroxylation is 2. The highest BCUT2D eigenvalue weighted by Gasteiger charge is 2.16. The Kier molecular flexibility index (Phi) is 4.34. The molecule has 0 bridgehead atoms. The van der Waals surface area contributed by atoms with Gasteiger partial charge in [-0.3, -0.25) is 5.84 Å². The minimum atomic E-state index is -0.206. The van der Waals surface area contributed by atoms with Gasteiger partial charge < -0.3 is 0 Å². The molecule has 0 aliphatic rings. The van der Waals surface area contributed by atoms with Gasteiger partial charge >= 0.3 is 0 Å². The van der Waals surface area contributed by atoms with Crippen molar-refractivity contribution in [2.45, 2.75) is 19.9 Å². The molecule has 19 heavy (non-hydrogen) atoms. The van der Waals surface area contributed by atoms with E-state index >= 15 is 0 Å². The van der Waals surface area contributed by atoms with Crippen LogP contribution in [0.4, 0.5) is 4.39 Å². The number of hydrogen-bond acceptors (Lipinski definition) is 2. The molecular weight excluding hydrogens is 307 g/mol. The standard InChI is InChI=1S/C15H16BrFN2/c1-9-3-5-12(13(16)7-9)15(19-18)11-4-6-14(17)10(2)8-11/h3-8,15,19H,18H2,1-2H3. The molecule has 0 saturated heterocycles. The number of rotatable bonds is 3. The van der Waals surface area contributed by atoms with Gasteiger partial charge in [0.15, 0.2) is 0 Å². The Hall–Kier alpha value is -1.23. The van der Waals surface area contributed by atoms with Crippen LogP contribution in [0.5, 0.6) is 0 Å². The third-order valence-electron chi connectivity index (χ3n) is 3.15. The average molecular weight is 323 g/mol. The smallest absolute Gasteiger partial charge is 0.126 e. The SMILES string of the molecule is Cc1ccc(C(NN)c2ccc(F)c(C)c2)c(Br)c1. The third kappa shape index (κ3) is 3.03. The van der Waals surface area contributed by atoms with Gasteiger partial charge in [0.25, 0.3) is 0 Å². The van der Waals surface area contributed by atoms with E-state index in [4.69, 9.17) is 5.84 Å². The van der Waals surface area contributed by atoms with E-state index in [1.807, 2.05) is 31.2 Å². The van der Waals surface area contributed by atoms with Gasteiger partial charge in [0.2, 0.25) is 0 Å². The van der Waals surface area contributed by atoms with Crippen LogP contribution in [0, 0.1) is 19.7 Å². The van der Waals surface area contributed by atoms with Crippen LogP contribution in [0.1, 0.15) is 28.3 Å². The predicted octanol–water partition coefficient (Wildman–Crippen LogP) is 3.76. The first kappa shape index (κ1) is 14.2. The summed E-state index contributed by atoms with van der Waals surface area (Å²) in [6.45, 7) is 3.78.